The number of carbonyl (C=O) groups is 8. The Morgan fingerprint density at radius 3 is 1.62 bits per heavy atom. The van der Waals surface area contributed by atoms with E-state index >= 15 is 0 Å². The maximum atomic E-state index is 11.8. The quantitative estimate of drug-likeness (QED) is 0.109. The van der Waals surface area contributed by atoms with E-state index in [0.717, 1.165) is 56.8 Å². The van der Waals surface area contributed by atoms with Crippen molar-refractivity contribution in [3.05, 3.63) is 60.8 Å². The van der Waals surface area contributed by atoms with E-state index in [1.807, 2.05) is 0 Å². The van der Waals surface area contributed by atoms with Crippen LogP contribution in [0.3, 0.4) is 0 Å². The lowest BCUT2D eigenvalue weighted by molar-refractivity contribution is -0.213. The van der Waals surface area contributed by atoms with Gasteiger partial charge in [0, 0.05) is 46.1 Å². The van der Waals surface area contributed by atoms with Crippen LogP contribution >= 0.6 is 0 Å². The summed E-state index contributed by atoms with van der Waals surface area (Å²) in [4.78, 5) is 88.9. The highest BCUT2D eigenvalue weighted by Gasteiger charge is 2.63. The molecule has 71 heavy (non-hydrogen) atoms. The number of ether oxygens (including phenoxy) is 9. The molecule has 9 fully saturated rings. The molecule has 6 saturated carbocycles. The van der Waals surface area contributed by atoms with Gasteiger partial charge in [0.2, 0.25) is 6.10 Å². The number of carbonyl (C=O) groups excluding carboxylic acids is 8. The van der Waals surface area contributed by atoms with E-state index < -0.39 is 60.1 Å². The molecule has 3 aliphatic heterocycles. The standard InChI is InChI=1S/C14H20O2.C12H14O4.C10H14O4.C8H10O5.C7H9F3O2/c1-9(2)13(15)16-14-6-10-3-11(7-14)5-12(4-10)8-14;1-5(2)11(13)15-9-6-3-7-8(4-6)12(14)16-10(7)9;1-6(2)8(11)13-7-5-10(3,4)14-9(7)12;1-5(2)7(9)11-3-6-4-12-8(10)13-6;1-4(2)6(11)12-5(3)7(8,9)10/h10-12H,1,3-8H2,2H3;6-10H,1,3-4H2,2H3;7H,1,5H2,2-4H3;6H,1,3-4H2,2H3;5H,1H2,2-3H3. The van der Waals surface area contributed by atoms with Crippen LogP contribution in [0, 0.1) is 35.5 Å². The number of hydrogen-bond acceptors (Lipinski definition) is 17. The highest BCUT2D eigenvalue weighted by molar-refractivity contribution is 5.90. The van der Waals surface area contributed by atoms with Crippen LogP contribution in [0.15, 0.2) is 60.8 Å². The molecule has 9 aliphatic rings. The summed E-state index contributed by atoms with van der Waals surface area (Å²) < 4.78 is 79.5. The summed E-state index contributed by atoms with van der Waals surface area (Å²) in [6.45, 7) is 29.4. The molecular formula is C51H67F3O17. The summed E-state index contributed by atoms with van der Waals surface area (Å²) in [6.07, 6.45) is 0.602. The minimum absolute atomic E-state index is 0.0113. The molecule has 6 bridgehead atoms. The van der Waals surface area contributed by atoms with Crippen LogP contribution in [0.2, 0.25) is 0 Å². The van der Waals surface area contributed by atoms with Gasteiger partial charge in [-0.1, -0.05) is 32.9 Å². The first-order valence-electron chi connectivity index (χ1n) is 23.4. The van der Waals surface area contributed by atoms with Crippen molar-refractivity contribution in [2.75, 3.05) is 13.2 Å². The van der Waals surface area contributed by atoms with Crippen molar-refractivity contribution in [2.45, 2.75) is 161 Å². The summed E-state index contributed by atoms with van der Waals surface area (Å²) >= 11 is 0. The Kier molecular flexibility index (Phi) is 19.1. The van der Waals surface area contributed by atoms with Crippen LogP contribution < -0.4 is 0 Å². The Morgan fingerprint density at radius 2 is 1.18 bits per heavy atom. The number of alkyl halides is 3. The lowest BCUT2D eigenvalue weighted by Crippen LogP contribution is -2.52. The van der Waals surface area contributed by atoms with E-state index in [2.05, 4.69) is 47.1 Å². The van der Waals surface area contributed by atoms with E-state index in [1.54, 1.807) is 34.6 Å². The van der Waals surface area contributed by atoms with Gasteiger partial charge in [-0.25, -0.2) is 33.6 Å². The summed E-state index contributed by atoms with van der Waals surface area (Å²) in [5, 5.41) is 0. The SMILES string of the molecule is C=C(C)C(=O)OC(C)C(F)(F)F.C=C(C)C(=O)OC12CC3CC(CC(C3)C1)C2.C=C(C)C(=O)OC1C2CC3C(=O)OC1C3C2.C=C(C)C(=O)OC1CC(C)(C)OC1=O.C=C(C)C(=O)OCC1COC(=O)O1. The average molecular weight is 1010 g/mol. The molecule has 0 amide bonds. The zero-order valence-corrected chi connectivity index (χ0v) is 41.7. The second kappa shape index (κ2) is 23.5. The fourth-order valence-electron chi connectivity index (χ4n) is 10.0. The van der Waals surface area contributed by atoms with Gasteiger partial charge in [-0.05, 0) is 125 Å². The summed E-state index contributed by atoms with van der Waals surface area (Å²) in [5.74, 6) is -0.107. The third kappa shape index (κ3) is 16.0. The molecule has 0 spiro atoms. The van der Waals surface area contributed by atoms with Gasteiger partial charge in [-0.2, -0.15) is 13.2 Å². The molecule has 3 saturated heterocycles. The van der Waals surface area contributed by atoms with Crippen molar-refractivity contribution < 1.29 is 94.2 Å². The van der Waals surface area contributed by atoms with Crippen molar-refractivity contribution in [1.29, 1.82) is 0 Å². The topological polar surface area (TPSA) is 220 Å². The number of rotatable bonds is 11. The largest absolute Gasteiger partial charge is 0.508 e. The number of cyclic esters (lactones) is 3. The molecule has 9 rings (SSSR count). The van der Waals surface area contributed by atoms with E-state index in [-0.39, 0.29) is 71.9 Å². The van der Waals surface area contributed by atoms with Crippen molar-refractivity contribution in [3.8, 4) is 0 Å². The van der Waals surface area contributed by atoms with Crippen LogP contribution in [0.1, 0.15) is 113 Å². The van der Waals surface area contributed by atoms with Crippen molar-refractivity contribution >= 4 is 47.9 Å². The summed E-state index contributed by atoms with van der Waals surface area (Å²) in [5.41, 5.74) is 0.820. The van der Waals surface area contributed by atoms with Gasteiger partial charge in [0.05, 0.1) is 5.92 Å². The van der Waals surface area contributed by atoms with Gasteiger partial charge in [0.15, 0.2) is 12.2 Å². The maximum Gasteiger partial charge on any atom is 0.508 e. The molecule has 0 aromatic rings. The number of esters is 7. The second-order valence-electron chi connectivity index (χ2n) is 20.4. The highest BCUT2D eigenvalue weighted by Crippen LogP contribution is 2.57. The summed E-state index contributed by atoms with van der Waals surface area (Å²) in [6, 6.07) is 0. The zero-order valence-electron chi connectivity index (χ0n) is 41.7. The van der Waals surface area contributed by atoms with Crippen LogP contribution in [-0.2, 0) is 76.2 Å². The maximum absolute atomic E-state index is 11.8. The van der Waals surface area contributed by atoms with Gasteiger partial charge in [0.25, 0.3) is 0 Å². The Labute approximate surface area is 411 Å². The number of halogens is 3. The van der Waals surface area contributed by atoms with E-state index in [0.29, 0.717) is 29.1 Å². The van der Waals surface area contributed by atoms with Crippen LogP contribution in [0.5, 0.6) is 0 Å². The first-order chi connectivity index (χ1) is 32.8. The Balaban J connectivity index is 0.000000194. The lowest BCUT2D eigenvalue weighted by atomic mass is 9.54. The van der Waals surface area contributed by atoms with Crippen molar-refractivity contribution in [1.82, 2.24) is 0 Å². The molecular weight excluding hydrogens is 942 g/mol. The molecule has 20 heteroatoms. The molecule has 0 radical (unpaired) electrons. The molecule has 394 valence electrons. The van der Waals surface area contributed by atoms with Crippen LogP contribution in [-0.4, -0.2) is 109 Å². The fourth-order valence-corrected chi connectivity index (χ4v) is 10.0. The molecule has 3 heterocycles. The Hall–Kier alpha value is -5.95. The van der Waals surface area contributed by atoms with E-state index in [4.69, 9.17) is 28.4 Å². The minimum atomic E-state index is -4.51. The van der Waals surface area contributed by atoms with Crippen molar-refractivity contribution in [2.24, 2.45) is 35.5 Å². The zero-order chi connectivity index (χ0) is 53.5. The first kappa shape index (κ1) is 57.6. The molecule has 6 aliphatic carbocycles. The molecule has 0 aromatic carbocycles. The first-order valence-corrected chi connectivity index (χ1v) is 23.4. The Morgan fingerprint density at radius 1 is 0.676 bits per heavy atom. The predicted octanol–water partition coefficient (Wildman–Crippen LogP) is 8.03. The summed E-state index contributed by atoms with van der Waals surface area (Å²) in [7, 11) is 0. The van der Waals surface area contributed by atoms with E-state index in [9.17, 15) is 51.5 Å². The third-order valence-electron chi connectivity index (χ3n) is 13.1. The molecule has 0 N–H and O–H groups in total. The van der Waals surface area contributed by atoms with Crippen LogP contribution in [0.25, 0.3) is 0 Å². The third-order valence-corrected chi connectivity index (χ3v) is 13.1. The number of hydrogen-bond donors (Lipinski definition) is 0. The molecule has 17 nitrogen and oxygen atoms in total. The van der Waals surface area contributed by atoms with Gasteiger partial charge in [-0.3, -0.25) is 4.79 Å². The lowest BCUT2D eigenvalue weighted by Gasteiger charge is -2.55. The van der Waals surface area contributed by atoms with Crippen molar-refractivity contribution in [3.63, 3.8) is 0 Å². The monoisotopic (exact) mass is 1010 g/mol. The average Bonchev–Trinajstić information content (AvgIpc) is 4.05. The molecule has 8 atom stereocenters. The fraction of sp³-hybridized carbons (Fsp3) is 0.647. The second-order valence-corrected chi connectivity index (χ2v) is 20.4. The highest BCUT2D eigenvalue weighted by atomic mass is 19.4. The predicted molar refractivity (Wildman–Crippen MR) is 244 cm³/mol. The van der Waals surface area contributed by atoms with Gasteiger partial charge in [0.1, 0.15) is 36.6 Å². The van der Waals surface area contributed by atoms with Gasteiger partial charge in [-0.15, -0.1) is 0 Å². The van der Waals surface area contributed by atoms with Gasteiger partial charge >= 0.3 is 54.1 Å². The van der Waals surface area contributed by atoms with Gasteiger partial charge < -0.3 is 42.6 Å². The normalized spacial score (nSPS) is 30.6. The number of fused-ring (bicyclic) bond motifs is 1. The minimum Gasteiger partial charge on any atom is -0.458 e. The van der Waals surface area contributed by atoms with E-state index in [1.165, 1.54) is 33.1 Å². The Bertz CT molecular complexity index is 2120. The molecule has 0 aromatic heterocycles. The smallest absolute Gasteiger partial charge is 0.458 e. The van der Waals surface area contributed by atoms with Crippen LogP contribution in [0.4, 0.5) is 18.0 Å². The molecule has 8 unspecified atom stereocenters.